The van der Waals surface area contributed by atoms with E-state index >= 15 is 0 Å². The summed E-state index contributed by atoms with van der Waals surface area (Å²) in [7, 11) is 0. The number of hydrogen-bond acceptors (Lipinski definition) is 2. The van der Waals surface area contributed by atoms with Gasteiger partial charge in [0.2, 0.25) is 5.91 Å². The molecule has 1 aliphatic carbocycles. The van der Waals surface area contributed by atoms with E-state index in [0.717, 1.165) is 25.7 Å². The molecule has 1 saturated carbocycles. The molecule has 23 heavy (non-hydrogen) atoms. The second-order valence-electron chi connectivity index (χ2n) is 7.18. The van der Waals surface area contributed by atoms with Crippen molar-refractivity contribution in [2.45, 2.75) is 64.5 Å². The van der Waals surface area contributed by atoms with Crippen LogP contribution in [0.1, 0.15) is 62.7 Å². The van der Waals surface area contributed by atoms with Gasteiger partial charge < -0.3 is 10.2 Å². The van der Waals surface area contributed by atoms with Gasteiger partial charge in [0.15, 0.2) is 0 Å². The molecule has 4 nitrogen and oxygen atoms in total. The zero-order valence-corrected chi connectivity index (χ0v) is 14.0. The summed E-state index contributed by atoms with van der Waals surface area (Å²) in [5.41, 5.74) is 1.27. The van der Waals surface area contributed by atoms with E-state index in [1.807, 2.05) is 29.2 Å². The summed E-state index contributed by atoms with van der Waals surface area (Å²) in [4.78, 5) is 27.9. The maximum atomic E-state index is 13.2. The van der Waals surface area contributed by atoms with E-state index in [2.05, 4.69) is 19.2 Å². The Hall–Kier alpha value is -1.84. The molecule has 1 atom stereocenters. The predicted octanol–water partition coefficient (Wildman–Crippen LogP) is 3.83. The first kappa shape index (κ1) is 16.0. The fourth-order valence-corrected chi connectivity index (χ4v) is 3.85. The Morgan fingerprint density at radius 1 is 1.13 bits per heavy atom. The van der Waals surface area contributed by atoms with Crippen molar-refractivity contribution in [3.63, 3.8) is 0 Å². The molecule has 0 bridgehead atoms. The Morgan fingerprint density at radius 2 is 1.83 bits per heavy atom. The summed E-state index contributed by atoms with van der Waals surface area (Å²) < 4.78 is 0. The minimum absolute atomic E-state index is 0.0106. The topological polar surface area (TPSA) is 49.4 Å². The number of nitrogens with zero attached hydrogens (tertiary/aromatic N) is 1. The van der Waals surface area contributed by atoms with Crippen molar-refractivity contribution < 1.29 is 9.59 Å². The maximum absolute atomic E-state index is 13.2. The zero-order chi connectivity index (χ0) is 16.4. The second kappa shape index (κ2) is 6.73. The Bertz CT molecular complexity index is 591. The Kier molecular flexibility index (Phi) is 4.69. The molecule has 1 N–H and O–H groups in total. The van der Waals surface area contributed by atoms with E-state index in [0.29, 0.717) is 23.6 Å². The number of carbonyl (C=O) groups excluding carboxylic acids is 2. The van der Waals surface area contributed by atoms with Crippen LogP contribution in [0.2, 0.25) is 0 Å². The van der Waals surface area contributed by atoms with E-state index in [9.17, 15) is 9.59 Å². The summed E-state index contributed by atoms with van der Waals surface area (Å²) in [5.74, 6) is 0.338. The summed E-state index contributed by atoms with van der Waals surface area (Å²) in [6.07, 6.45) is 6.25. The van der Waals surface area contributed by atoms with Crippen LogP contribution in [0.25, 0.3) is 0 Å². The zero-order valence-electron chi connectivity index (χ0n) is 14.0. The lowest BCUT2D eigenvalue weighted by molar-refractivity contribution is -0.121. The molecule has 1 unspecified atom stereocenters. The molecule has 2 amide bonds. The molecule has 1 aromatic rings. The highest BCUT2D eigenvalue weighted by Gasteiger charge is 2.39. The van der Waals surface area contributed by atoms with Crippen molar-refractivity contribution in [3.05, 3.63) is 29.8 Å². The number of benzene rings is 1. The highest BCUT2D eigenvalue weighted by Crippen LogP contribution is 2.32. The quantitative estimate of drug-likeness (QED) is 0.922. The van der Waals surface area contributed by atoms with Gasteiger partial charge in [0.05, 0.1) is 11.3 Å². The number of hydrogen-bond donors (Lipinski definition) is 1. The van der Waals surface area contributed by atoms with Crippen LogP contribution < -0.4 is 5.32 Å². The first-order valence-corrected chi connectivity index (χ1v) is 8.80. The van der Waals surface area contributed by atoms with Crippen LogP contribution >= 0.6 is 0 Å². The Labute approximate surface area is 138 Å². The lowest BCUT2D eigenvalue weighted by atomic mass is 9.91. The van der Waals surface area contributed by atoms with Gasteiger partial charge in [0.25, 0.3) is 5.91 Å². The summed E-state index contributed by atoms with van der Waals surface area (Å²) in [6.45, 7) is 4.21. The van der Waals surface area contributed by atoms with Gasteiger partial charge in [0.1, 0.15) is 6.04 Å². The van der Waals surface area contributed by atoms with Crippen molar-refractivity contribution in [1.82, 2.24) is 4.90 Å². The van der Waals surface area contributed by atoms with Gasteiger partial charge in [-0.05, 0) is 37.3 Å². The molecule has 1 aromatic carbocycles. The van der Waals surface area contributed by atoms with Gasteiger partial charge in [-0.1, -0.05) is 45.2 Å². The van der Waals surface area contributed by atoms with Gasteiger partial charge >= 0.3 is 0 Å². The lowest BCUT2D eigenvalue weighted by Gasteiger charge is -2.38. The fourth-order valence-electron chi connectivity index (χ4n) is 3.85. The molecule has 0 aromatic heterocycles. The molecule has 124 valence electrons. The molecular formula is C19H26N2O2. The third kappa shape index (κ3) is 3.26. The molecule has 4 heteroatoms. The highest BCUT2D eigenvalue weighted by molar-refractivity contribution is 6.09. The molecule has 1 heterocycles. The van der Waals surface area contributed by atoms with Crippen LogP contribution in [0.5, 0.6) is 0 Å². The SMILES string of the molecule is CC(C)CC1C(=O)Nc2ccccc2C(=O)N1C1CCCCC1. The van der Waals surface area contributed by atoms with Gasteiger partial charge in [-0.25, -0.2) is 0 Å². The van der Waals surface area contributed by atoms with Crippen molar-refractivity contribution in [2.24, 2.45) is 5.92 Å². The van der Waals surface area contributed by atoms with E-state index in [1.54, 1.807) is 0 Å². The number of fused-ring (bicyclic) bond motifs is 1. The minimum atomic E-state index is -0.363. The normalized spacial score (nSPS) is 22.7. The lowest BCUT2D eigenvalue weighted by Crippen LogP contribution is -2.51. The van der Waals surface area contributed by atoms with Crippen LogP contribution in [0.3, 0.4) is 0 Å². The van der Waals surface area contributed by atoms with Crippen molar-refractivity contribution in [1.29, 1.82) is 0 Å². The summed E-state index contributed by atoms with van der Waals surface area (Å²) >= 11 is 0. The monoisotopic (exact) mass is 314 g/mol. The summed E-state index contributed by atoms with van der Waals surface area (Å²) in [5, 5.41) is 2.98. The fraction of sp³-hybridized carbons (Fsp3) is 0.579. The Morgan fingerprint density at radius 3 is 2.52 bits per heavy atom. The van der Waals surface area contributed by atoms with Crippen LogP contribution in [-0.4, -0.2) is 28.8 Å². The molecular weight excluding hydrogens is 288 g/mol. The Balaban J connectivity index is 2.01. The second-order valence-corrected chi connectivity index (χ2v) is 7.18. The number of para-hydroxylation sites is 1. The molecule has 0 saturated heterocycles. The smallest absolute Gasteiger partial charge is 0.256 e. The molecule has 1 fully saturated rings. The van der Waals surface area contributed by atoms with Gasteiger partial charge in [-0.3, -0.25) is 9.59 Å². The number of anilines is 1. The average Bonchev–Trinajstić information content (AvgIpc) is 2.64. The van der Waals surface area contributed by atoms with Crippen molar-refractivity contribution in [2.75, 3.05) is 5.32 Å². The number of amides is 2. The molecule has 0 radical (unpaired) electrons. The van der Waals surface area contributed by atoms with E-state index in [4.69, 9.17) is 0 Å². The van der Waals surface area contributed by atoms with Crippen LogP contribution in [0, 0.1) is 5.92 Å². The van der Waals surface area contributed by atoms with Gasteiger partial charge in [-0.15, -0.1) is 0 Å². The molecule has 1 aliphatic heterocycles. The van der Waals surface area contributed by atoms with E-state index in [-0.39, 0.29) is 23.9 Å². The molecule has 0 spiro atoms. The van der Waals surface area contributed by atoms with Crippen LogP contribution in [-0.2, 0) is 4.79 Å². The largest absolute Gasteiger partial charge is 0.324 e. The van der Waals surface area contributed by atoms with Crippen LogP contribution in [0.15, 0.2) is 24.3 Å². The van der Waals surface area contributed by atoms with Gasteiger partial charge in [0, 0.05) is 6.04 Å². The standard InChI is InChI=1S/C19H26N2O2/c1-13(2)12-17-18(22)20-16-11-7-6-10-15(16)19(23)21(17)14-8-4-3-5-9-14/h6-7,10-11,13-14,17H,3-5,8-9,12H2,1-2H3,(H,20,22). The van der Waals surface area contributed by atoms with Crippen molar-refractivity contribution in [3.8, 4) is 0 Å². The number of carbonyl (C=O) groups is 2. The molecule has 2 aliphatic rings. The average molecular weight is 314 g/mol. The highest BCUT2D eigenvalue weighted by atomic mass is 16.2. The first-order valence-electron chi connectivity index (χ1n) is 8.80. The maximum Gasteiger partial charge on any atom is 0.256 e. The minimum Gasteiger partial charge on any atom is -0.324 e. The van der Waals surface area contributed by atoms with E-state index in [1.165, 1.54) is 6.42 Å². The molecule has 3 rings (SSSR count). The number of rotatable bonds is 3. The predicted molar refractivity (Wildman–Crippen MR) is 91.4 cm³/mol. The van der Waals surface area contributed by atoms with Crippen molar-refractivity contribution >= 4 is 17.5 Å². The number of nitrogens with one attached hydrogen (secondary N) is 1. The van der Waals surface area contributed by atoms with Crippen LogP contribution in [0.4, 0.5) is 5.69 Å². The first-order chi connectivity index (χ1) is 11.1. The third-order valence-corrected chi connectivity index (χ3v) is 4.95. The summed E-state index contributed by atoms with van der Waals surface area (Å²) in [6, 6.07) is 7.20. The van der Waals surface area contributed by atoms with Gasteiger partial charge in [-0.2, -0.15) is 0 Å². The van der Waals surface area contributed by atoms with E-state index < -0.39 is 0 Å². The third-order valence-electron chi connectivity index (χ3n) is 4.95.